The van der Waals surface area contributed by atoms with Crippen molar-refractivity contribution in [1.82, 2.24) is 0 Å². The molecule has 1 aliphatic heterocycles. The summed E-state index contributed by atoms with van der Waals surface area (Å²) < 4.78 is 5.26. The average Bonchev–Trinajstić information content (AvgIpc) is 3.23. The first-order chi connectivity index (χ1) is 13.5. The van der Waals surface area contributed by atoms with Crippen LogP contribution < -0.4 is 10.2 Å². The fourth-order valence-electron chi connectivity index (χ4n) is 3.51. The highest BCUT2D eigenvalue weighted by Gasteiger charge is 2.25. The second kappa shape index (κ2) is 7.35. The van der Waals surface area contributed by atoms with E-state index < -0.39 is 0 Å². The van der Waals surface area contributed by atoms with E-state index in [4.69, 9.17) is 4.42 Å². The minimum atomic E-state index is -0.141. The topological polar surface area (TPSA) is 62.6 Å². The average molecular weight is 374 g/mol. The van der Waals surface area contributed by atoms with E-state index >= 15 is 0 Å². The molecule has 0 aliphatic carbocycles. The van der Waals surface area contributed by atoms with Gasteiger partial charge >= 0.3 is 0 Å². The molecule has 3 aromatic rings. The summed E-state index contributed by atoms with van der Waals surface area (Å²) in [5.41, 5.74) is 5.53. The van der Waals surface area contributed by atoms with Crippen molar-refractivity contribution in [3.8, 4) is 0 Å². The van der Waals surface area contributed by atoms with Crippen molar-refractivity contribution in [1.29, 1.82) is 0 Å². The molecule has 2 amide bonds. The maximum absolute atomic E-state index is 12.7. The maximum atomic E-state index is 12.7. The first-order valence-corrected chi connectivity index (χ1v) is 9.40. The number of amides is 2. The van der Waals surface area contributed by atoms with Crippen molar-refractivity contribution in [3.63, 3.8) is 0 Å². The van der Waals surface area contributed by atoms with Crippen LogP contribution in [0.2, 0.25) is 0 Å². The molecule has 0 atom stereocenters. The Morgan fingerprint density at radius 1 is 1.04 bits per heavy atom. The van der Waals surface area contributed by atoms with E-state index in [2.05, 4.69) is 5.32 Å². The molecule has 1 N–H and O–H groups in total. The Bertz CT molecular complexity index is 1040. The van der Waals surface area contributed by atoms with Gasteiger partial charge in [0.1, 0.15) is 0 Å². The van der Waals surface area contributed by atoms with Crippen molar-refractivity contribution in [2.75, 3.05) is 16.8 Å². The normalized spacial score (nSPS) is 13.1. The van der Waals surface area contributed by atoms with Gasteiger partial charge in [0.2, 0.25) is 0 Å². The molecule has 2 heterocycles. The minimum Gasteiger partial charge on any atom is -0.459 e. The molecule has 142 valence electrons. The van der Waals surface area contributed by atoms with Crippen LogP contribution in [0.4, 0.5) is 11.4 Å². The Morgan fingerprint density at radius 2 is 1.89 bits per heavy atom. The number of nitrogens with zero attached hydrogens (tertiary/aromatic N) is 1. The molecule has 0 fully saturated rings. The molecule has 28 heavy (non-hydrogen) atoms. The molecule has 1 aromatic heterocycles. The summed E-state index contributed by atoms with van der Waals surface area (Å²) in [6, 6.07) is 14.8. The maximum Gasteiger partial charge on any atom is 0.293 e. The van der Waals surface area contributed by atoms with Crippen molar-refractivity contribution in [2.24, 2.45) is 0 Å². The summed E-state index contributed by atoms with van der Waals surface area (Å²) in [7, 11) is 0. The van der Waals surface area contributed by atoms with Gasteiger partial charge in [-0.05, 0) is 85.8 Å². The third-order valence-electron chi connectivity index (χ3n) is 5.20. The molecule has 5 nitrogen and oxygen atoms in total. The lowest BCUT2D eigenvalue weighted by atomic mass is 10.0. The summed E-state index contributed by atoms with van der Waals surface area (Å²) in [6.07, 6.45) is 3.24. The fraction of sp³-hybridized carbons (Fsp3) is 0.217. The number of hydrogen-bond donors (Lipinski definition) is 1. The third-order valence-corrected chi connectivity index (χ3v) is 5.20. The van der Waals surface area contributed by atoms with Crippen LogP contribution in [-0.2, 0) is 6.42 Å². The fourth-order valence-corrected chi connectivity index (χ4v) is 3.51. The van der Waals surface area contributed by atoms with Gasteiger partial charge in [0.15, 0.2) is 5.76 Å². The van der Waals surface area contributed by atoms with Gasteiger partial charge in [-0.2, -0.15) is 0 Å². The van der Waals surface area contributed by atoms with E-state index in [0.29, 0.717) is 17.9 Å². The van der Waals surface area contributed by atoms with E-state index in [1.165, 1.54) is 6.26 Å². The minimum absolute atomic E-state index is 0.137. The predicted octanol–water partition coefficient (Wildman–Crippen LogP) is 4.74. The van der Waals surface area contributed by atoms with Crippen molar-refractivity contribution >= 4 is 23.2 Å². The quantitative estimate of drug-likeness (QED) is 0.720. The lowest BCUT2D eigenvalue weighted by Gasteiger charge is -2.29. The summed E-state index contributed by atoms with van der Waals surface area (Å²) in [6.45, 7) is 4.67. The Hall–Kier alpha value is -3.34. The van der Waals surface area contributed by atoms with Crippen LogP contribution in [0.15, 0.2) is 59.2 Å². The molecule has 0 saturated carbocycles. The molecule has 4 rings (SSSR count). The second-order valence-electron chi connectivity index (χ2n) is 7.13. The molecule has 0 unspecified atom stereocenters. The van der Waals surface area contributed by atoms with Crippen LogP contribution in [0.5, 0.6) is 0 Å². The first kappa shape index (κ1) is 18.0. The van der Waals surface area contributed by atoms with E-state index in [-0.39, 0.29) is 11.8 Å². The Labute approximate surface area is 164 Å². The number of carbonyl (C=O) groups excluding carboxylic acids is 2. The van der Waals surface area contributed by atoms with Crippen molar-refractivity contribution in [3.05, 3.63) is 82.8 Å². The summed E-state index contributed by atoms with van der Waals surface area (Å²) in [5, 5.41) is 2.97. The lowest BCUT2D eigenvalue weighted by molar-refractivity contribution is 0.0957. The molecular weight excluding hydrogens is 352 g/mol. The Kier molecular flexibility index (Phi) is 4.74. The highest BCUT2D eigenvalue weighted by molar-refractivity contribution is 6.06. The molecule has 5 heteroatoms. The number of nitrogens with one attached hydrogen (secondary N) is 1. The smallest absolute Gasteiger partial charge is 0.293 e. The van der Waals surface area contributed by atoms with Crippen LogP contribution in [0.25, 0.3) is 0 Å². The van der Waals surface area contributed by atoms with Gasteiger partial charge in [0, 0.05) is 23.5 Å². The first-order valence-electron chi connectivity index (χ1n) is 9.40. The molecule has 0 spiro atoms. The largest absolute Gasteiger partial charge is 0.459 e. The number of anilines is 2. The third kappa shape index (κ3) is 3.43. The number of rotatable bonds is 3. The highest BCUT2D eigenvalue weighted by atomic mass is 16.3. The van der Waals surface area contributed by atoms with Crippen molar-refractivity contribution in [2.45, 2.75) is 26.7 Å². The van der Waals surface area contributed by atoms with Crippen LogP contribution in [0.3, 0.4) is 0 Å². The van der Waals surface area contributed by atoms with Crippen molar-refractivity contribution < 1.29 is 14.0 Å². The number of aryl methyl sites for hydroxylation is 3. The van der Waals surface area contributed by atoms with Gasteiger partial charge < -0.3 is 14.6 Å². The molecule has 0 saturated heterocycles. The number of furan rings is 1. The van der Waals surface area contributed by atoms with Gasteiger partial charge in [-0.3, -0.25) is 9.59 Å². The molecule has 0 bridgehead atoms. The predicted molar refractivity (Wildman–Crippen MR) is 109 cm³/mol. The summed E-state index contributed by atoms with van der Waals surface area (Å²) in [5.74, 6) is 0.0558. The molecular formula is C23H22N2O3. The second-order valence-corrected chi connectivity index (χ2v) is 7.13. The Balaban J connectivity index is 1.56. The van der Waals surface area contributed by atoms with Crippen LogP contribution in [0.1, 0.15) is 44.0 Å². The monoisotopic (exact) mass is 374 g/mol. The van der Waals surface area contributed by atoms with Gasteiger partial charge in [-0.1, -0.05) is 6.07 Å². The van der Waals surface area contributed by atoms with Crippen LogP contribution >= 0.6 is 0 Å². The van der Waals surface area contributed by atoms with Gasteiger partial charge in [0.05, 0.1) is 6.26 Å². The zero-order valence-electron chi connectivity index (χ0n) is 16.0. The number of hydrogen-bond acceptors (Lipinski definition) is 3. The van der Waals surface area contributed by atoms with E-state index in [1.54, 1.807) is 17.0 Å². The van der Waals surface area contributed by atoms with Gasteiger partial charge in [-0.15, -0.1) is 0 Å². The van der Waals surface area contributed by atoms with E-state index in [0.717, 1.165) is 40.9 Å². The standard InChI is InChI=1S/C23H22N2O3/c1-15-7-8-18(13-16(15)2)22(26)24-19-9-10-20-17(14-19)5-3-11-25(20)23(27)21-6-4-12-28-21/h4,6-10,12-14H,3,5,11H2,1-2H3,(H,24,26). The summed E-state index contributed by atoms with van der Waals surface area (Å²) >= 11 is 0. The SMILES string of the molecule is Cc1ccc(C(=O)Nc2ccc3c(c2)CCCN3C(=O)c2ccco2)cc1C. The molecule has 0 radical (unpaired) electrons. The van der Waals surface area contributed by atoms with Crippen LogP contribution in [0, 0.1) is 13.8 Å². The zero-order valence-corrected chi connectivity index (χ0v) is 16.0. The zero-order chi connectivity index (χ0) is 19.7. The number of fused-ring (bicyclic) bond motifs is 1. The van der Waals surface area contributed by atoms with Gasteiger partial charge in [-0.25, -0.2) is 0 Å². The van der Waals surface area contributed by atoms with Gasteiger partial charge in [0.25, 0.3) is 11.8 Å². The summed E-state index contributed by atoms with van der Waals surface area (Å²) in [4.78, 5) is 27.0. The Morgan fingerprint density at radius 3 is 2.64 bits per heavy atom. The molecule has 2 aromatic carbocycles. The van der Waals surface area contributed by atoms with Crippen LogP contribution in [-0.4, -0.2) is 18.4 Å². The van der Waals surface area contributed by atoms with E-state index in [1.807, 2.05) is 50.2 Å². The van der Waals surface area contributed by atoms with E-state index in [9.17, 15) is 9.59 Å². The number of benzene rings is 2. The number of carbonyl (C=O) groups is 2. The lowest BCUT2D eigenvalue weighted by Crippen LogP contribution is -2.35. The molecule has 1 aliphatic rings. The highest BCUT2D eigenvalue weighted by Crippen LogP contribution is 2.31.